The van der Waals surface area contributed by atoms with E-state index in [9.17, 15) is 4.79 Å². The van der Waals surface area contributed by atoms with Gasteiger partial charge in [0.15, 0.2) is 0 Å². The molecular weight excluding hydrogens is 190 g/mol. The van der Waals surface area contributed by atoms with E-state index in [4.69, 9.17) is 10.8 Å². The highest BCUT2D eigenvalue weighted by molar-refractivity contribution is 5.75. The van der Waals surface area contributed by atoms with Gasteiger partial charge in [0.25, 0.3) is 0 Å². The van der Waals surface area contributed by atoms with E-state index in [2.05, 4.69) is 0 Å². The zero-order valence-electron chi connectivity index (χ0n) is 9.10. The molecule has 15 heavy (non-hydrogen) atoms. The topological polar surface area (TPSA) is 63.3 Å². The van der Waals surface area contributed by atoms with Crippen molar-refractivity contribution >= 4 is 5.97 Å². The number of carboxylic acids is 1. The van der Waals surface area contributed by atoms with Crippen molar-refractivity contribution in [3.63, 3.8) is 0 Å². The van der Waals surface area contributed by atoms with E-state index >= 15 is 0 Å². The number of nitrogens with two attached hydrogens (primary N) is 1. The SMILES string of the molecule is CCC(C)(c1ccccc1)C(N)C(=O)O. The van der Waals surface area contributed by atoms with Crippen molar-refractivity contribution in [2.75, 3.05) is 0 Å². The second-order valence-electron chi connectivity index (χ2n) is 3.95. The molecule has 2 unspecified atom stereocenters. The van der Waals surface area contributed by atoms with Crippen LogP contribution in [0.4, 0.5) is 0 Å². The Morgan fingerprint density at radius 1 is 1.47 bits per heavy atom. The first-order chi connectivity index (χ1) is 7.02. The maximum absolute atomic E-state index is 11.0. The lowest BCUT2D eigenvalue weighted by atomic mass is 9.74. The monoisotopic (exact) mass is 207 g/mol. The molecule has 0 bridgehead atoms. The van der Waals surface area contributed by atoms with Gasteiger partial charge in [0.2, 0.25) is 0 Å². The van der Waals surface area contributed by atoms with Crippen molar-refractivity contribution in [1.82, 2.24) is 0 Å². The first kappa shape index (κ1) is 11.7. The van der Waals surface area contributed by atoms with Crippen molar-refractivity contribution < 1.29 is 9.90 Å². The molecular formula is C12H17NO2. The Morgan fingerprint density at radius 2 is 2.00 bits per heavy atom. The zero-order chi connectivity index (χ0) is 11.5. The van der Waals surface area contributed by atoms with Gasteiger partial charge in [0, 0.05) is 5.41 Å². The standard InChI is InChI=1S/C12H17NO2/c1-3-12(2,10(13)11(14)15)9-7-5-4-6-8-9/h4-8,10H,3,13H2,1-2H3,(H,14,15). The van der Waals surface area contributed by atoms with E-state index in [0.29, 0.717) is 6.42 Å². The summed E-state index contributed by atoms with van der Waals surface area (Å²) >= 11 is 0. The number of hydrogen-bond acceptors (Lipinski definition) is 2. The number of benzene rings is 1. The van der Waals surface area contributed by atoms with Crippen LogP contribution in [-0.2, 0) is 10.2 Å². The van der Waals surface area contributed by atoms with Crippen LogP contribution in [-0.4, -0.2) is 17.1 Å². The largest absolute Gasteiger partial charge is 0.480 e. The Morgan fingerprint density at radius 3 is 2.40 bits per heavy atom. The van der Waals surface area contributed by atoms with Crippen molar-refractivity contribution in [3.8, 4) is 0 Å². The van der Waals surface area contributed by atoms with Gasteiger partial charge in [0.05, 0.1) is 0 Å². The molecule has 1 aromatic carbocycles. The summed E-state index contributed by atoms with van der Waals surface area (Å²) in [5.41, 5.74) is 6.21. The fourth-order valence-corrected chi connectivity index (χ4v) is 1.70. The minimum absolute atomic E-state index is 0.507. The zero-order valence-corrected chi connectivity index (χ0v) is 9.10. The molecule has 0 aliphatic heterocycles. The normalized spacial score (nSPS) is 16.7. The smallest absolute Gasteiger partial charge is 0.321 e. The maximum Gasteiger partial charge on any atom is 0.321 e. The molecule has 2 atom stereocenters. The van der Waals surface area contributed by atoms with Gasteiger partial charge in [-0.2, -0.15) is 0 Å². The predicted octanol–water partition coefficient (Wildman–Crippen LogP) is 1.77. The molecule has 0 fully saturated rings. The van der Waals surface area contributed by atoms with Crippen LogP contribution in [0.25, 0.3) is 0 Å². The average Bonchev–Trinajstić information content (AvgIpc) is 2.28. The van der Waals surface area contributed by atoms with Crippen molar-refractivity contribution in [2.24, 2.45) is 5.73 Å². The van der Waals surface area contributed by atoms with Crippen LogP contribution in [0.5, 0.6) is 0 Å². The highest BCUT2D eigenvalue weighted by atomic mass is 16.4. The third-order valence-corrected chi connectivity index (χ3v) is 3.12. The second kappa shape index (κ2) is 4.45. The van der Waals surface area contributed by atoms with E-state index in [1.54, 1.807) is 0 Å². The number of rotatable bonds is 4. The van der Waals surface area contributed by atoms with Crippen molar-refractivity contribution in [1.29, 1.82) is 0 Å². The molecule has 82 valence electrons. The molecule has 0 amide bonds. The van der Waals surface area contributed by atoms with Crippen LogP contribution < -0.4 is 5.73 Å². The van der Waals surface area contributed by atoms with Gasteiger partial charge in [-0.1, -0.05) is 44.2 Å². The fourth-order valence-electron chi connectivity index (χ4n) is 1.70. The predicted molar refractivity (Wildman–Crippen MR) is 59.7 cm³/mol. The Kier molecular flexibility index (Phi) is 3.48. The molecule has 0 radical (unpaired) electrons. The molecule has 0 aliphatic carbocycles. The molecule has 0 heterocycles. The maximum atomic E-state index is 11.0. The molecule has 0 saturated carbocycles. The average molecular weight is 207 g/mol. The van der Waals surface area contributed by atoms with Gasteiger partial charge in [-0.15, -0.1) is 0 Å². The Balaban J connectivity index is 3.11. The molecule has 0 saturated heterocycles. The molecule has 0 aliphatic rings. The molecule has 0 spiro atoms. The number of aliphatic carboxylic acids is 1. The number of hydrogen-bond donors (Lipinski definition) is 2. The first-order valence-electron chi connectivity index (χ1n) is 5.06. The summed E-state index contributed by atoms with van der Waals surface area (Å²) in [6.07, 6.45) is 0.699. The summed E-state index contributed by atoms with van der Waals surface area (Å²) in [4.78, 5) is 11.0. The van der Waals surface area contributed by atoms with Gasteiger partial charge in [0.1, 0.15) is 6.04 Å². The summed E-state index contributed by atoms with van der Waals surface area (Å²) in [6, 6.07) is 8.69. The van der Waals surface area contributed by atoms with Gasteiger partial charge in [-0.3, -0.25) is 4.79 Å². The lowest BCUT2D eigenvalue weighted by Gasteiger charge is -2.32. The highest BCUT2D eigenvalue weighted by Gasteiger charge is 2.36. The van der Waals surface area contributed by atoms with Crippen LogP contribution in [0.2, 0.25) is 0 Å². The highest BCUT2D eigenvalue weighted by Crippen LogP contribution is 2.30. The number of carbonyl (C=O) groups is 1. The van der Waals surface area contributed by atoms with Crippen molar-refractivity contribution in [3.05, 3.63) is 35.9 Å². The van der Waals surface area contributed by atoms with E-state index in [1.807, 2.05) is 44.2 Å². The summed E-state index contributed by atoms with van der Waals surface area (Å²) in [5, 5.41) is 8.99. The molecule has 1 aromatic rings. The second-order valence-corrected chi connectivity index (χ2v) is 3.95. The van der Waals surface area contributed by atoms with Gasteiger partial charge < -0.3 is 10.8 Å². The Bertz CT molecular complexity index is 337. The molecule has 3 N–H and O–H groups in total. The lowest BCUT2D eigenvalue weighted by molar-refractivity contribution is -0.140. The van der Waals surface area contributed by atoms with Crippen LogP contribution in [0.15, 0.2) is 30.3 Å². The third-order valence-electron chi connectivity index (χ3n) is 3.12. The quantitative estimate of drug-likeness (QED) is 0.790. The van der Waals surface area contributed by atoms with Crippen molar-refractivity contribution in [2.45, 2.75) is 31.7 Å². The molecule has 1 rings (SSSR count). The van der Waals surface area contributed by atoms with Gasteiger partial charge in [-0.25, -0.2) is 0 Å². The molecule has 0 aromatic heterocycles. The summed E-state index contributed by atoms with van der Waals surface area (Å²) in [5.74, 6) is -0.955. The van der Waals surface area contributed by atoms with Crippen LogP contribution >= 0.6 is 0 Å². The fraction of sp³-hybridized carbons (Fsp3) is 0.417. The summed E-state index contributed by atoms with van der Waals surface area (Å²) in [7, 11) is 0. The lowest BCUT2D eigenvalue weighted by Crippen LogP contribution is -2.48. The van der Waals surface area contributed by atoms with Gasteiger partial charge in [-0.05, 0) is 12.0 Å². The van der Waals surface area contributed by atoms with E-state index in [-0.39, 0.29) is 0 Å². The van der Waals surface area contributed by atoms with Crippen LogP contribution in [0.3, 0.4) is 0 Å². The molecule has 3 nitrogen and oxygen atoms in total. The van der Waals surface area contributed by atoms with Gasteiger partial charge >= 0.3 is 5.97 Å². The summed E-state index contributed by atoms with van der Waals surface area (Å²) in [6.45, 7) is 3.84. The minimum atomic E-state index is -0.955. The molecule has 3 heteroatoms. The first-order valence-corrected chi connectivity index (χ1v) is 5.06. The van der Waals surface area contributed by atoms with Crippen LogP contribution in [0.1, 0.15) is 25.8 Å². The number of carboxylic acid groups (broad SMARTS) is 1. The minimum Gasteiger partial charge on any atom is -0.480 e. The third kappa shape index (κ3) is 2.18. The Hall–Kier alpha value is -1.35. The van der Waals surface area contributed by atoms with E-state index < -0.39 is 17.4 Å². The van der Waals surface area contributed by atoms with E-state index in [0.717, 1.165) is 5.56 Å². The Labute approximate surface area is 89.9 Å². The van der Waals surface area contributed by atoms with E-state index in [1.165, 1.54) is 0 Å². The summed E-state index contributed by atoms with van der Waals surface area (Å²) < 4.78 is 0. The van der Waals surface area contributed by atoms with Crippen LogP contribution in [0, 0.1) is 0 Å².